The van der Waals surface area contributed by atoms with E-state index in [9.17, 15) is 4.39 Å². The molecule has 2 aromatic carbocycles. The van der Waals surface area contributed by atoms with E-state index in [1.165, 1.54) is 12.1 Å². The molecule has 0 radical (unpaired) electrons. The fraction of sp³-hybridized carbons (Fsp3) is 0.348. The Kier molecular flexibility index (Phi) is 7.42. The fourth-order valence-corrected chi connectivity index (χ4v) is 3.79. The van der Waals surface area contributed by atoms with Gasteiger partial charge in [-0.1, -0.05) is 30.3 Å². The first-order valence-corrected chi connectivity index (χ1v) is 10.7. The minimum absolute atomic E-state index is 0.0750. The molecular weight excluding hydrogens is 409 g/mol. The van der Waals surface area contributed by atoms with Crippen molar-refractivity contribution in [3.05, 3.63) is 78.1 Å². The van der Waals surface area contributed by atoms with Crippen LogP contribution in [0.2, 0.25) is 0 Å². The van der Waals surface area contributed by atoms with E-state index < -0.39 is 0 Å². The molecule has 2 N–H and O–H groups in total. The molecule has 0 amide bonds. The van der Waals surface area contributed by atoms with Crippen molar-refractivity contribution >= 4 is 5.96 Å². The molecule has 1 aromatic heterocycles. The van der Waals surface area contributed by atoms with Crippen LogP contribution in [0.15, 0.2) is 65.9 Å². The third-order valence-electron chi connectivity index (χ3n) is 5.49. The summed E-state index contributed by atoms with van der Waals surface area (Å²) in [6.45, 7) is 4.13. The highest BCUT2D eigenvalue weighted by Gasteiger charge is 2.23. The van der Waals surface area contributed by atoms with E-state index in [2.05, 4.69) is 30.7 Å². The summed E-state index contributed by atoms with van der Waals surface area (Å²) in [6, 6.07) is 16.7. The number of aliphatic imine (C=N–C) groups is 1. The standard InChI is InChI=1S/C23H28FN7O/c1-25-23(27-16-22-29-28-17-31(22)20-5-3-2-4-6-20)26-15-21(30-11-13-32-14-12-30)18-7-9-19(24)10-8-18/h2-10,17,21H,11-16H2,1H3,(H2,25,26,27). The lowest BCUT2D eigenvalue weighted by molar-refractivity contribution is 0.0170. The quantitative estimate of drug-likeness (QED) is 0.436. The molecule has 0 bridgehead atoms. The highest BCUT2D eigenvalue weighted by molar-refractivity contribution is 5.79. The number of benzene rings is 2. The number of halogens is 1. The van der Waals surface area contributed by atoms with Gasteiger partial charge in [0, 0.05) is 32.4 Å². The van der Waals surface area contributed by atoms with Crippen molar-refractivity contribution in [3.63, 3.8) is 0 Å². The molecule has 1 atom stereocenters. The van der Waals surface area contributed by atoms with Crippen molar-refractivity contribution in [1.29, 1.82) is 0 Å². The van der Waals surface area contributed by atoms with Crippen LogP contribution in [-0.2, 0) is 11.3 Å². The third kappa shape index (κ3) is 5.49. The number of para-hydroxylation sites is 1. The van der Waals surface area contributed by atoms with E-state index in [1.54, 1.807) is 13.4 Å². The molecule has 1 unspecified atom stereocenters. The smallest absolute Gasteiger partial charge is 0.191 e. The summed E-state index contributed by atoms with van der Waals surface area (Å²) < 4.78 is 20.9. The van der Waals surface area contributed by atoms with Crippen molar-refractivity contribution in [1.82, 2.24) is 30.3 Å². The van der Waals surface area contributed by atoms with Crippen LogP contribution in [0.1, 0.15) is 17.4 Å². The van der Waals surface area contributed by atoms with Crippen LogP contribution >= 0.6 is 0 Å². The van der Waals surface area contributed by atoms with E-state index in [0.717, 1.165) is 30.2 Å². The normalized spacial score (nSPS) is 16.0. The van der Waals surface area contributed by atoms with Crippen molar-refractivity contribution in [2.75, 3.05) is 39.9 Å². The van der Waals surface area contributed by atoms with E-state index in [1.807, 2.05) is 47.0 Å². The Labute approximate surface area is 187 Å². The molecule has 8 nitrogen and oxygen atoms in total. The lowest BCUT2D eigenvalue weighted by atomic mass is 10.0. The monoisotopic (exact) mass is 437 g/mol. The zero-order valence-electron chi connectivity index (χ0n) is 18.1. The van der Waals surface area contributed by atoms with Gasteiger partial charge in [0.1, 0.15) is 12.1 Å². The van der Waals surface area contributed by atoms with Gasteiger partial charge < -0.3 is 15.4 Å². The van der Waals surface area contributed by atoms with Crippen molar-refractivity contribution in [2.45, 2.75) is 12.6 Å². The second kappa shape index (κ2) is 10.8. The predicted molar refractivity (Wildman–Crippen MR) is 121 cm³/mol. The average molecular weight is 438 g/mol. The number of nitrogens with zero attached hydrogens (tertiary/aromatic N) is 5. The topological polar surface area (TPSA) is 79.6 Å². The van der Waals surface area contributed by atoms with E-state index >= 15 is 0 Å². The molecule has 2 heterocycles. The van der Waals surface area contributed by atoms with E-state index in [-0.39, 0.29) is 11.9 Å². The van der Waals surface area contributed by atoms with Crippen molar-refractivity contribution < 1.29 is 9.13 Å². The van der Waals surface area contributed by atoms with Gasteiger partial charge in [-0.3, -0.25) is 14.5 Å². The predicted octanol–water partition coefficient (Wildman–Crippen LogP) is 2.14. The Hall–Kier alpha value is -3.30. The average Bonchev–Trinajstić information content (AvgIpc) is 3.32. The van der Waals surface area contributed by atoms with Gasteiger partial charge in [0.25, 0.3) is 0 Å². The molecule has 9 heteroatoms. The highest BCUT2D eigenvalue weighted by atomic mass is 19.1. The number of aromatic nitrogens is 3. The highest BCUT2D eigenvalue weighted by Crippen LogP contribution is 2.21. The van der Waals surface area contributed by atoms with Crippen LogP contribution in [0, 0.1) is 5.82 Å². The Bertz CT molecular complexity index is 1000. The Morgan fingerprint density at radius 3 is 2.56 bits per heavy atom. The molecule has 0 spiro atoms. The molecule has 0 saturated carbocycles. The van der Waals surface area contributed by atoms with Gasteiger partial charge in [0.05, 0.1) is 25.8 Å². The number of morpholine rings is 1. The van der Waals surface area contributed by atoms with Crippen LogP contribution in [0.3, 0.4) is 0 Å². The summed E-state index contributed by atoms with van der Waals surface area (Å²) in [5.41, 5.74) is 2.06. The number of nitrogens with one attached hydrogen (secondary N) is 2. The van der Waals surface area contributed by atoms with Gasteiger partial charge in [0.15, 0.2) is 11.8 Å². The van der Waals surface area contributed by atoms with E-state index in [0.29, 0.717) is 32.3 Å². The second-order valence-electron chi connectivity index (χ2n) is 7.48. The van der Waals surface area contributed by atoms with Crippen molar-refractivity contribution in [2.24, 2.45) is 4.99 Å². The van der Waals surface area contributed by atoms with Crippen molar-refractivity contribution in [3.8, 4) is 5.69 Å². The van der Waals surface area contributed by atoms with Gasteiger partial charge >= 0.3 is 0 Å². The molecule has 1 aliphatic rings. The summed E-state index contributed by atoms with van der Waals surface area (Å²) in [6.07, 6.45) is 1.70. The fourth-order valence-electron chi connectivity index (χ4n) is 3.79. The number of ether oxygens (including phenoxy) is 1. The minimum Gasteiger partial charge on any atom is -0.379 e. The number of hydrogen-bond donors (Lipinski definition) is 2. The maximum absolute atomic E-state index is 13.5. The zero-order chi connectivity index (χ0) is 22.2. The summed E-state index contributed by atoms with van der Waals surface area (Å²) >= 11 is 0. The first-order valence-electron chi connectivity index (χ1n) is 10.7. The number of guanidine groups is 1. The summed E-state index contributed by atoms with van der Waals surface area (Å²) in [7, 11) is 1.74. The molecule has 3 aromatic rings. The van der Waals surface area contributed by atoms with Crippen LogP contribution in [-0.4, -0.2) is 65.5 Å². The van der Waals surface area contributed by atoms with Gasteiger partial charge in [0.2, 0.25) is 0 Å². The number of hydrogen-bond acceptors (Lipinski definition) is 5. The van der Waals surface area contributed by atoms with Gasteiger partial charge in [-0.25, -0.2) is 4.39 Å². The van der Waals surface area contributed by atoms with Gasteiger partial charge in [-0.05, 0) is 29.8 Å². The summed E-state index contributed by atoms with van der Waals surface area (Å²) in [5, 5.41) is 15.0. The Morgan fingerprint density at radius 1 is 1.09 bits per heavy atom. The molecular formula is C23H28FN7O. The molecule has 1 aliphatic heterocycles. The lowest BCUT2D eigenvalue weighted by Crippen LogP contribution is -2.46. The SMILES string of the molecule is CN=C(NCc1nncn1-c1ccccc1)NCC(c1ccc(F)cc1)N1CCOCC1. The Morgan fingerprint density at radius 2 is 1.84 bits per heavy atom. The summed E-state index contributed by atoms with van der Waals surface area (Å²) in [5.74, 6) is 1.21. The molecule has 32 heavy (non-hydrogen) atoms. The third-order valence-corrected chi connectivity index (χ3v) is 5.49. The maximum atomic E-state index is 13.5. The molecule has 1 saturated heterocycles. The van der Waals surface area contributed by atoms with Gasteiger partial charge in [-0.2, -0.15) is 0 Å². The molecule has 168 valence electrons. The van der Waals surface area contributed by atoms with Crippen LogP contribution < -0.4 is 10.6 Å². The first kappa shape index (κ1) is 21.9. The van der Waals surface area contributed by atoms with Crippen LogP contribution in [0.25, 0.3) is 5.69 Å². The van der Waals surface area contributed by atoms with E-state index in [4.69, 9.17) is 4.74 Å². The number of rotatable bonds is 7. The second-order valence-corrected chi connectivity index (χ2v) is 7.48. The molecule has 4 rings (SSSR count). The van der Waals surface area contributed by atoms with Gasteiger partial charge in [-0.15, -0.1) is 10.2 Å². The van der Waals surface area contributed by atoms with Crippen LogP contribution in [0.4, 0.5) is 4.39 Å². The first-order chi connectivity index (χ1) is 15.7. The maximum Gasteiger partial charge on any atom is 0.191 e. The minimum atomic E-state index is -0.234. The Balaban J connectivity index is 1.40. The van der Waals surface area contributed by atoms with Crippen LogP contribution in [0.5, 0.6) is 0 Å². The molecule has 0 aliphatic carbocycles. The largest absolute Gasteiger partial charge is 0.379 e. The summed E-state index contributed by atoms with van der Waals surface area (Å²) in [4.78, 5) is 6.70. The lowest BCUT2D eigenvalue weighted by Gasteiger charge is -2.35. The molecule has 1 fully saturated rings. The zero-order valence-corrected chi connectivity index (χ0v) is 18.1.